The molecular weight excluding hydrogens is 294 g/mol. The van der Waals surface area contributed by atoms with Crippen molar-refractivity contribution in [2.75, 3.05) is 34.3 Å². The predicted octanol–water partition coefficient (Wildman–Crippen LogP) is 2.17. The summed E-state index contributed by atoms with van der Waals surface area (Å²) in [5, 5.41) is 12.5. The molecule has 0 aromatic heterocycles. The Balaban J connectivity index is 2.78. The lowest BCUT2D eigenvalue weighted by molar-refractivity contribution is 0.394. The van der Waals surface area contributed by atoms with Gasteiger partial charge in [0.05, 0.1) is 13.2 Å². The molecule has 0 amide bonds. The maximum Gasteiger partial charge on any atom is 0.122 e. The van der Waals surface area contributed by atoms with E-state index in [0.29, 0.717) is 0 Å². The van der Waals surface area contributed by atoms with E-state index in [9.17, 15) is 5.26 Å². The van der Waals surface area contributed by atoms with Crippen molar-refractivity contribution < 1.29 is 4.74 Å². The largest absolute Gasteiger partial charge is 0.497 e. The summed E-state index contributed by atoms with van der Waals surface area (Å²) < 4.78 is 6.09. The minimum absolute atomic E-state index is 0.338. The number of nitriles is 1. The molecule has 0 spiro atoms. The number of ether oxygens (including phenoxy) is 1. The molecule has 0 aliphatic carbocycles. The Labute approximate surface area is 117 Å². The van der Waals surface area contributed by atoms with Crippen molar-refractivity contribution >= 4 is 15.9 Å². The molecule has 0 aliphatic rings. The number of hydrogen-bond donors (Lipinski definition) is 1. The number of hydrogen-bond acceptors (Lipinski definition) is 4. The summed E-state index contributed by atoms with van der Waals surface area (Å²) in [5.41, 5.74) is 0.899. The molecule has 0 saturated heterocycles. The van der Waals surface area contributed by atoms with Gasteiger partial charge in [0.25, 0.3) is 0 Å². The van der Waals surface area contributed by atoms with Gasteiger partial charge in [-0.1, -0.05) is 15.9 Å². The lowest BCUT2D eigenvalue weighted by Gasteiger charge is -2.16. The highest BCUT2D eigenvalue weighted by Crippen LogP contribution is 2.27. The number of methoxy groups -OCH3 is 1. The molecule has 0 heterocycles. The second-order valence-electron chi connectivity index (χ2n) is 4.21. The van der Waals surface area contributed by atoms with Crippen molar-refractivity contribution in [1.82, 2.24) is 10.2 Å². The van der Waals surface area contributed by atoms with Gasteiger partial charge in [0, 0.05) is 23.1 Å². The van der Waals surface area contributed by atoms with Crippen LogP contribution in [0.4, 0.5) is 0 Å². The summed E-state index contributed by atoms with van der Waals surface area (Å²) in [6.07, 6.45) is 0. The zero-order chi connectivity index (χ0) is 13.5. The third kappa shape index (κ3) is 4.30. The molecule has 1 atom stereocenters. The van der Waals surface area contributed by atoms with Crippen LogP contribution in [0.1, 0.15) is 11.6 Å². The molecule has 98 valence electrons. The highest BCUT2D eigenvalue weighted by atomic mass is 79.9. The van der Waals surface area contributed by atoms with Gasteiger partial charge in [-0.3, -0.25) is 5.32 Å². The average Bonchev–Trinajstić information content (AvgIpc) is 2.35. The Morgan fingerprint density at radius 3 is 2.78 bits per heavy atom. The van der Waals surface area contributed by atoms with Gasteiger partial charge in [0.2, 0.25) is 0 Å². The summed E-state index contributed by atoms with van der Waals surface area (Å²) in [4.78, 5) is 2.07. The van der Waals surface area contributed by atoms with Crippen LogP contribution in [-0.2, 0) is 0 Å². The number of rotatable bonds is 6. The third-order valence-corrected chi connectivity index (χ3v) is 3.27. The molecule has 0 radical (unpaired) electrons. The minimum atomic E-state index is -0.338. The van der Waals surface area contributed by atoms with Crippen LogP contribution < -0.4 is 10.1 Å². The first-order valence-electron chi connectivity index (χ1n) is 5.69. The van der Waals surface area contributed by atoms with E-state index in [2.05, 4.69) is 32.2 Å². The topological polar surface area (TPSA) is 48.3 Å². The second kappa shape index (κ2) is 7.37. The van der Waals surface area contributed by atoms with Gasteiger partial charge in [-0.25, -0.2) is 0 Å². The normalized spacial score (nSPS) is 12.2. The van der Waals surface area contributed by atoms with E-state index in [1.54, 1.807) is 7.11 Å². The molecule has 1 aromatic rings. The molecule has 0 aliphatic heterocycles. The van der Waals surface area contributed by atoms with Gasteiger partial charge in [0.1, 0.15) is 11.8 Å². The fourth-order valence-electron chi connectivity index (χ4n) is 1.53. The molecule has 4 nitrogen and oxygen atoms in total. The van der Waals surface area contributed by atoms with Crippen LogP contribution in [0.3, 0.4) is 0 Å². The van der Waals surface area contributed by atoms with Crippen molar-refractivity contribution in [2.45, 2.75) is 6.04 Å². The summed E-state index contributed by atoms with van der Waals surface area (Å²) in [6.45, 7) is 1.65. The summed E-state index contributed by atoms with van der Waals surface area (Å²) in [7, 11) is 5.63. The molecule has 1 N–H and O–H groups in total. The first kappa shape index (κ1) is 15.0. The first-order valence-corrected chi connectivity index (χ1v) is 6.49. The van der Waals surface area contributed by atoms with Crippen molar-refractivity contribution in [3.05, 3.63) is 28.2 Å². The van der Waals surface area contributed by atoms with E-state index in [-0.39, 0.29) is 6.04 Å². The number of halogens is 1. The second-order valence-corrected chi connectivity index (χ2v) is 5.06. The molecule has 1 rings (SSSR count). The average molecular weight is 312 g/mol. The van der Waals surface area contributed by atoms with E-state index in [1.807, 2.05) is 32.3 Å². The highest BCUT2D eigenvalue weighted by molar-refractivity contribution is 9.10. The van der Waals surface area contributed by atoms with Gasteiger partial charge in [0.15, 0.2) is 0 Å². The van der Waals surface area contributed by atoms with Crippen LogP contribution in [-0.4, -0.2) is 39.2 Å². The van der Waals surface area contributed by atoms with Crippen LogP contribution in [0.15, 0.2) is 22.7 Å². The van der Waals surface area contributed by atoms with Crippen LogP contribution in [0.5, 0.6) is 5.75 Å². The minimum Gasteiger partial charge on any atom is -0.497 e. The van der Waals surface area contributed by atoms with E-state index in [1.165, 1.54) is 0 Å². The maximum atomic E-state index is 9.24. The standard InChI is InChI=1S/C13H18BrN3O/c1-17(2)7-6-16-13(9-15)11-8-10(18-3)4-5-12(11)14/h4-5,8,13,16H,6-7H2,1-3H3. The highest BCUT2D eigenvalue weighted by Gasteiger charge is 2.14. The van der Waals surface area contributed by atoms with Gasteiger partial charge < -0.3 is 9.64 Å². The fourth-order valence-corrected chi connectivity index (χ4v) is 2.00. The van der Waals surface area contributed by atoms with Crippen LogP contribution >= 0.6 is 15.9 Å². The Bertz CT molecular complexity index is 429. The SMILES string of the molecule is COc1ccc(Br)c(C(C#N)NCCN(C)C)c1. The monoisotopic (exact) mass is 311 g/mol. The Morgan fingerprint density at radius 1 is 1.50 bits per heavy atom. The van der Waals surface area contributed by atoms with Crippen molar-refractivity contribution in [3.63, 3.8) is 0 Å². The number of nitrogens with zero attached hydrogens (tertiary/aromatic N) is 2. The van der Waals surface area contributed by atoms with Crippen molar-refractivity contribution in [2.24, 2.45) is 0 Å². The summed E-state index contributed by atoms with van der Waals surface area (Å²) >= 11 is 3.46. The fraction of sp³-hybridized carbons (Fsp3) is 0.462. The Morgan fingerprint density at radius 2 is 2.22 bits per heavy atom. The molecule has 5 heteroatoms. The maximum absolute atomic E-state index is 9.24. The molecule has 0 fully saturated rings. The summed E-state index contributed by atoms with van der Waals surface area (Å²) in [5.74, 6) is 0.753. The van der Waals surface area contributed by atoms with Gasteiger partial charge >= 0.3 is 0 Å². The summed E-state index contributed by atoms with van der Waals surface area (Å²) in [6, 6.07) is 7.56. The van der Waals surface area contributed by atoms with Gasteiger partial charge in [-0.15, -0.1) is 0 Å². The number of benzene rings is 1. The zero-order valence-electron chi connectivity index (χ0n) is 10.9. The molecule has 18 heavy (non-hydrogen) atoms. The zero-order valence-corrected chi connectivity index (χ0v) is 12.5. The number of likely N-dealkylation sites (N-methyl/N-ethyl adjacent to an activating group) is 1. The Kier molecular flexibility index (Phi) is 6.13. The quantitative estimate of drug-likeness (QED) is 0.874. The van der Waals surface area contributed by atoms with E-state index in [4.69, 9.17) is 4.74 Å². The van der Waals surface area contributed by atoms with Crippen molar-refractivity contribution in [1.29, 1.82) is 5.26 Å². The van der Waals surface area contributed by atoms with Crippen LogP contribution in [0.25, 0.3) is 0 Å². The van der Waals surface area contributed by atoms with Gasteiger partial charge in [-0.2, -0.15) is 5.26 Å². The van der Waals surface area contributed by atoms with E-state index < -0.39 is 0 Å². The molecule has 0 saturated carbocycles. The third-order valence-electron chi connectivity index (χ3n) is 2.55. The molecule has 0 bridgehead atoms. The first-order chi connectivity index (χ1) is 8.58. The lowest BCUT2D eigenvalue weighted by atomic mass is 10.1. The van der Waals surface area contributed by atoms with E-state index in [0.717, 1.165) is 28.9 Å². The molecular formula is C13H18BrN3O. The van der Waals surface area contributed by atoms with Crippen molar-refractivity contribution in [3.8, 4) is 11.8 Å². The number of nitrogens with one attached hydrogen (secondary N) is 1. The van der Waals surface area contributed by atoms with Crippen LogP contribution in [0.2, 0.25) is 0 Å². The smallest absolute Gasteiger partial charge is 0.122 e. The predicted molar refractivity (Wildman–Crippen MR) is 75.6 cm³/mol. The van der Waals surface area contributed by atoms with Gasteiger partial charge in [-0.05, 0) is 32.3 Å². The Hall–Kier alpha value is -1.09. The molecule has 1 aromatic carbocycles. The van der Waals surface area contributed by atoms with Crippen LogP contribution in [0, 0.1) is 11.3 Å². The van der Waals surface area contributed by atoms with E-state index >= 15 is 0 Å². The lowest BCUT2D eigenvalue weighted by Crippen LogP contribution is -2.29. The molecule has 1 unspecified atom stereocenters.